The fraction of sp³-hybridized carbons (Fsp3) is 0.400. The SMILES string of the molecule is Cl.NC1(c2noc(CCn3c(=O)oc4cc(Cl)ccc43)n2)CCC1. The maximum atomic E-state index is 12.0. The highest BCUT2D eigenvalue weighted by atomic mass is 35.5. The summed E-state index contributed by atoms with van der Waals surface area (Å²) in [5.41, 5.74) is 6.88. The maximum Gasteiger partial charge on any atom is 0.419 e. The minimum Gasteiger partial charge on any atom is -0.408 e. The molecule has 1 saturated carbocycles. The lowest BCUT2D eigenvalue weighted by Gasteiger charge is -2.34. The van der Waals surface area contributed by atoms with E-state index in [0.717, 1.165) is 19.3 Å². The van der Waals surface area contributed by atoms with Gasteiger partial charge in [0.25, 0.3) is 0 Å². The number of nitrogens with zero attached hydrogens (tertiary/aromatic N) is 3. The first-order chi connectivity index (χ1) is 11.0. The molecule has 2 heterocycles. The molecule has 0 bridgehead atoms. The molecule has 7 nitrogen and oxygen atoms in total. The second-order valence-electron chi connectivity index (χ2n) is 5.90. The van der Waals surface area contributed by atoms with Crippen LogP contribution in [0.15, 0.2) is 31.9 Å². The van der Waals surface area contributed by atoms with E-state index in [-0.39, 0.29) is 12.4 Å². The predicted molar refractivity (Wildman–Crippen MR) is 90.5 cm³/mol. The largest absolute Gasteiger partial charge is 0.419 e. The van der Waals surface area contributed by atoms with E-state index in [1.807, 2.05) is 0 Å². The molecule has 0 spiro atoms. The van der Waals surface area contributed by atoms with Crippen molar-refractivity contribution in [2.45, 2.75) is 37.8 Å². The summed E-state index contributed by atoms with van der Waals surface area (Å²) in [6, 6.07) is 5.09. The van der Waals surface area contributed by atoms with Gasteiger partial charge in [-0.1, -0.05) is 16.8 Å². The van der Waals surface area contributed by atoms with E-state index in [2.05, 4.69) is 10.1 Å². The van der Waals surface area contributed by atoms with Crippen LogP contribution >= 0.6 is 24.0 Å². The topological polar surface area (TPSA) is 100 Å². The van der Waals surface area contributed by atoms with Crippen molar-refractivity contribution < 1.29 is 8.94 Å². The highest BCUT2D eigenvalue weighted by molar-refractivity contribution is 6.31. The third-order valence-corrected chi connectivity index (χ3v) is 4.57. The molecule has 1 aromatic carbocycles. The molecule has 0 amide bonds. The van der Waals surface area contributed by atoms with Gasteiger partial charge in [0, 0.05) is 24.1 Å². The third kappa shape index (κ3) is 2.83. The first-order valence-corrected chi connectivity index (χ1v) is 7.84. The Labute approximate surface area is 148 Å². The lowest BCUT2D eigenvalue weighted by atomic mass is 9.77. The Kier molecular flexibility index (Phi) is 4.42. The highest BCUT2D eigenvalue weighted by Gasteiger charge is 2.38. The standard InChI is InChI=1S/C15H15ClN4O3.ClH/c16-9-2-3-10-11(8-9)22-14(21)20(10)7-4-12-18-13(19-23-12)15(17)5-1-6-15;/h2-3,8H,1,4-7,17H2;1H. The molecule has 2 aromatic heterocycles. The molecule has 1 aliphatic rings. The van der Waals surface area contributed by atoms with E-state index in [9.17, 15) is 4.79 Å². The average Bonchev–Trinajstić information content (AvgIpc) is 3.06. The van der Waals surface area contributed by atoms with E-state index >= 15 is 0 Å². The Morgan fingerprint density at radius 3 is 2.88 bits per heavy atom. The number of benzene rings is 1. The molecule has 0 radical (unpaired) electrons. The minimum atomic E-state index is -0.447. The Hall–Kier alpha value is -1.83. The quantitative estimate of drug-likeness (QED) is 0.757. The monoisotopic (exact) mass is 370 g/mol. The fourth-order valence-corrected chi connectivity index (χ4v) is 2.96. The molecule has 0 aliphatic heterocycles. The Morgan fingerprint density at radius 2 is 2.17 bits per heavy atom. The molecule has 3 aromatic rings. The van der Waals surface area contributed by atoms with Gasteiger partial charge in [-0.15, -0.1) is 12.4 Å². The Balaban J connectivity index is 0.00000169. The van der Waals surface area contributed by atoms with Crippen molar-refractivity contribution in [3.63, 3.8) is 0 Å². The molecule has 24 heavy (non-hydrogen) atoms. The summed E-state index contributed by atoms with van der Waals surface area (Å²) >= 11 is 5.90. The lowest BCUT2D eigenvalue weighted by Crippen LogP contribution is -2.44. The number of rotatable bonds is 4. The zero-order valence-corrected chi connectivity index (χ0v) is 14.3. The number of aryl methyl sites for hydroxylation is 2. The summed E-state index contributed by atoms with van der Waals surface area (Å²) in [5.74, 6) is 0.582. The first kappa shape index (κ1) is 17.0. The van der Waals surface area contributed by atoms with Crippen molar-refractivity contribution in [2.24, 2.45) is 5.73 Å². The molecular formula is C15H16Cl2N4O3. The molecular weight excluding hydrogens is 355 g/mol. The van der Waals surface area contributed by atoms with Gasteiger partial charge in [0.1, 0.15) is 0 Å². The van der Waals surface area contributed by atoms with Crippen molar-refractivity contribution in [2.75, 3.05) is 0 Å². The first-order valence-electron chi connectivity index (χ1n) is 7.46. The normalized spacial score (nSPS) is 15.9. The lowest BCUT2D eigenvalue weighted by molar-refractivity contribution is 0.229. The van der Waals surface area contributed by atoms with Crippen LogP contribution in [0.25, 0.3) is 11.1 Å². The van der Waals surface area contributed by atoms with Crippen molar-refractivity contribution in [3.8, 4) is 0 Å². The van der Waals surface area contributed by atoms with Crippen LogP contribution in [0.4, 0.5) is 0 Å². The molecule has 0 unspecified atom stereocenters. The van der Waals surface area contributed by atoms with Gasteiger partial charge in [-0.05, 0) is 31.4 Å². The third-order valence-electron chi connectivity index (χ3n) is 4.34. The molecule has 2 N–H and O–H groups in total. The van der Waals surface area contributed by atoms with Crippen LogP contribution in [0, 0.1) is 0 Å². The average molecular weight is 371 g/mol. The fourth-order valence-electron chi connectivity index (χ4n) is 2.80. The second kappa shape index (κ2) is 6.23. The van der Waals surface area contributed by atoms with E-state index < -0.39 is 11.3 Å². The highest BCUT2D eigenvalue weighted by Crippen LogP contribution is 2.36. The van der Waals surface area contributed by atoms with E-state index in [1.165, 1.54) is 4.57 Å². The summed E-state index contributed by atoms with van der Waals surface area (Å²) in [6.45, 7) is 0.382. The number of fused-ring (bicyclic) bond motifs is 1. The van der Waals surface area contributed by atoms with Gasteiger partial charge in [-0.3, -0.25) is 4.57 Å². The number of halogens is 2. The van der Waals surface area contributed by atoms with Gasteiger partial charge in [0.05, 0.1) is 11.1 Å². The Bertz CT molecular complexity index is 926. The van der Waals surface area contributed by atoms with Gasteiger partial charge < -0.3 is 14.7 Å². The van der Waals surface area contributed by atoms with Crippen LogP contribution in [0.2, 0.25) is 5.02 Å². The van der Waals surface area contributed by atoms with Crippen LogP contribution < -0.4 is 11.5 Å². The number of oxazole rings is 1. The van der Waals surface area contributed by atoms with Crippen molar-refractivity contribution in [1.29, 1.82) is 0 Å². The summed E-state index contributed by atoms with van der Waals surface area (Å²) in [5, 5.41) is 4.49. The number of hydrogen-bond donors (Lipinski definition) is 1. The van der Waals surface area contributed by atoms with Gasteiger partial charge >= 0.3 is 5.76 Å². The van der Waals surface area contributed by atoms with Gasteiger partial charge in [0.15, 0.2) is 11.4 Å². The molecule has 4 rings (SSSR count). The number of nitrogens with two attached hydrogens (primary N) is 1. The van der Waals surface area contributed by atoms with Gasteiger partial charge in [0.2, 0.25) is 5.89 Å². The molecule has 128 valence electrons. The molecule has 1 fully saturated rings. The number of hydrogen-bond acceptors (Lipinski definition) is 6. The van der Waals surface area contributed by atoms with Crippen LogP contribution in [0.1, 0.15) is 31.0 Å². The van der Waals surface area contributed by atoms with Crippen LogP contribution in [-0.2, 0) is 18.5 Å². The Morgan fingerprint density at radius 1 is 1.38 bits per heavy atom. The van der Waals surface area contributed by atoms with E-state index in [1.54, 1.807) is 18.2 Å². The van der Waals surface area contributed by atoms with Crippen molar-refractivity contribution >= 4 is 35.1 Å². The molecule has 0 saturated heterocycles. The molecule has 1 aliphatic carbocycles. The zero-order valence-electron chi connectivity index (χ0n) is 12.7. The van der Waals surface area contributed by atoms with Gasteiger partial charge in [-0.2, -0.15) is 4.98 Å². The predicted octanol–water partition coefficient (Wildman–Crippen LogP) is 2.63. The van der Waals surface area contributed by atoms with Crippen molar-refractivity contribution in [1.82, 2.24) is 14.7 Å². The van der Waals surface area contributed by atoms with E-state index in [0.29, 0.717) is 40.8 Å². The van der Waals surface area contributed by atoms with E-state index in [4.69, 9.17) is 26.3 Å². The summed E-state index contributed by atoms with van der Waals surface area (Å²) in [6.07, 6.45) is 3.26. The summed E-state index contributed by atoms with van der Waals surface area (Å²) in [4.78, 5) is 16.3. The smallest absolute Gasteiger partial charge is 0.408 e. The minimum absolute atomic E-state index is 0. The molecule has 0 atom stereocenters. The second-order valence-corrected chi connectivity index (χ2v) is 6.34. The molecule has 9 heteroatoms. The van der Waals surface area contributed by atoms with Crippen LogP contribution in [0.3, 0.4) is 0 Å². The van der Waals surface area contributed by atoms with Crippen molar-refractivity contribution in [3.05, 3.63) is 45.5 Å². The zero-order chi connectivity index (χ0) is 16.0. The van der Waals surface area contributed by atoms with Gasteiger partial charge in [-0.25, -0.2) is 4.79 Å². The number of aromatic nitrogens is 3. The van der Waals surface area contributed by atoms with Crippen LogP contribution in [0.5, 0.6) is 0 Å². The maximum absolute atomic E-state index is 12.0. The summed E-state index contributed by atoms with van der Waals surface area (Å²) < 4.78 is 12.0. The van der Waals surface area contributed by atoms with Crippen LogP contribution in [-0.4, -0.2) is 14.7 Å². The summed E-state index contributed by atoms with van der Waals surface area (Å²) in [7, 11) is 0.